The summed E-state index contributed by atoms with van der Waals surface area (Å²) in [5.74, 6) is -1.65. The Morgan fingerprint density at radius 3 is 2.48 bits per heavy atom. The molecule has 0 aliphatic carbocycles. The summed E-state index contributed by atoms with van der Waals surface area (Å²) < 4.78 is 62.4. The fourth-order valence-electron chi connectivity index (χ4n) is 2.07. The van der Waals surface area contributed by atoms with Gasteiger partial charge in [0, 0.05) is 19.2 Å². The molecule has 2 heterocycles. The van der Waals surface area contributed by atoms with E-state index in [1.54, 1.807) is 0 Å². The molecule has 0 bridgehead atoms. The number of aliphatic hydroxyl groups is 1. The Balaban J connectivity index is 2.11. The third kappa shape index (κ3) is 3.12. The summed E-state index contributed by atoms with van der Waals surface area (Å²) in [7, 11) is 0. The van der Waals surface area contributed by atoms with Crippen LogP contribution in [0.5, 0.6) is 11.5 Å². The average Bonchev–Trinajstić information content (AvgIpc) is 2.89. The molecule has 11 heteroatoms. The maximum absolute atomic E-state index is 13.3. The highest BCUT2D eigenvalue weighted by atomic mass is 32.1. The molecule has 0 unspecified atom stereocenters. The fourth-order valence-corrected chi connectivity index (χ4v) is 2.95. The summed E-state index contributed by atoms with van der Waals surface area (Å²) in [6.45, 7) is 0.891. The zero-order chi connectivity index (χ0) is 18.4. The Kier molecular flexibility index (Phi) is 4.07. The van der Waals surface area contributed by atoms with Gasteiger partial charge >= 0.3 is 12.2 Å². The Morgan fingerprint density at radius 1 is 1.24 bits per heavy atom. The zero-order valence-electron chi connectivity index (χ0n) is 12.5. The molecule has 25 heavy (non-hydrogen) atoms. The second-order valence-corrected chi connectivity index (χ2v) is 6.10. The molecule has 1 aliphatic rings. The number of ether oxygens (including phenoxy) is 2. The number of hydrogen-bond acceptors (Lipinski definition) is 5. The molecule has 1 aromatic heterocycles. The summed E-state index contributed by atoms with van der Waals surface area (Å²) in [6.07, 6.45) is -8.19. The molecular formula is C14H10F4N2O4S. The summed E-state index contributed by atoms with van der Waals surface area (Å²) in [5, 5.41) is 9.22. The van der Waals surface area contributed by atoms with Crippen LogP contribution in [-0.2, 0) is 11.4 Å². The lowest BCUT2D eigenvalue weighted by atomic mass is 10.2. The quantitative estimate of drug-likeness (QED) is 0.815. The molecule has 0 saturated carbocycles. The van der Waals surface area contributed by atoms with Crippen LogP contribution in [0.15, 0.2) is 29.4 Å². The van der Waals surface area contributed by atoms with Crippen LogP contribution in [0.25, 0.3) is 5.69 Å². The molecule has 134 valence electrons. The lowest BCUT2D eigenvalue weighted by Crippen LogP contribution is -2.52. The Hall–Kier alpha value is -2.40. The smallest absolute Gasteiger partial charge is 0.421 e. The Morgan fingerprint density at radius 2 is 1.88 bits per heavy atom. The van der Waals surface area contributed by atoms with E-state index in [-0.39, 0.29) is 17.1 Å². The van der Waals surface area contributed by atoms with Crippen LogP contribution in [0, 0.1) is 0 Å². The van der Waals surface area contributed by atoms with Gasteiger partial charge in [-0.25, -0.2) is 0 Å². The largest absolute Gasteiger partial charge is 0.507 e. The molecule has 1 N–H and O–H groups in total. The minimum absolute atomic E-state index is 0.172. The standard InChI is InChI=1S/C14H10F4N2O4S/c1-7(22)19-12-20(5-9(6-21)25-12)8-2-3-10-11(4-8)24-14(17,18)13(15,16)23-10/h2-5,21H,6H2,1H3/b19-12-. The predicted octanol–water partition coefficient (Wildman–Crippen LogP) is 2.44. The lowest BCUT2D eigenvalue weighted by Gasteiger charge is -2.31. The van der Waals surface area contributed by atoms with Crippen molar-refractivity contribution in [2.45, 2.75) is 25.7 Å². The monoisotopic (exact) mass is 378 g/mol. The predicted molar refractivity (Wildman–Crippen MR) is 77.0 cm³/mol. The first-order valence-electron chi connectivity index (χ1n) is 6.78. The zero-order valence-corrected chi connectivity index (χ0v) is 13.3. The lowest BCUT2D eigenvalue weighted by molar-refractivity contribution is -0.391. The molecule has 0 saturated heterocycles. The van der Waals surface area contributed by atoms with E-state index in [1.165, 1.54) is 23.8 Å². The SMILES string of the molecule is CC(=O)/N=c1\sc(CO)cn1-c1ccc2c(c1)OC(F)(F)C(F)(F)O2. The highest BCUT2D eigenvalue weighted by molar-refractivity contribution is 7.09. The number of aromatic nitrogens is 1. The molecule has 0 atom stereocenters. The van der Waals surface area contributed by atoms with Crippen molar-refractivity contribution in [3.05, 3.63) is 34.1 Å². The normalized spacial score (nSPS) is 18.2. The number of alkyl halides is 4. The molecule has 6 nitrogen and oxygen atoms in total. The maximum atomic E-state index is 13.3. The second-order valence-electron chi connectivity index (χ2n) is 5.01. The number of amides is 1. The number of carbonyl (C=O) groups excluding carboxylic acids is 1. The van der Waals surface area contributed by atoms with Gasteiger partial charge in [0.2, 0.25) is 5.91 Å². The Labute approximate surface area is 141 Å². The first-order chi connectivity index (χ1) is 11.6. The van der Waals surface area contributed by atoms with E-state index in [0.29, 0.717) is 4.88 Å². The summed E-state index contributed by atoms with van der Waals surface area (Å²) in [6, 6.07) is 3.38. The number of benzene rings is 1. The van der Waals surface area contributed by atoms with Crippen LogP contribution < -0.4 is 14.3 Å². The third-order valence-electron chi connectivity index (χ3n) is 3.13. The number of aliphatic hydroxyl groups excluding tert-OH is 1. The van der Waals surface area contributed by atoms with Gasteiger partial charge in [-0.1, -0.05) is 11.3 Å². The highest BCUT2D eigenvalue weighted by Crippen LogP contribution is 2.47. The molecule has 2 aromatic rings. The fraction of sp³-hybridized carbons (Fsp3) is 0.286. The molecule has 1 amide bonds. The van der Waals surface area contributed by atoms with Crippen molar-refractivity contribution in [3.8, 4) is 17.2 Å². The molecule has 1 aromatic carbocycles. The second kappa shape index (κ2) is 5.85. The van der Waals surface area contributed by atoms with Gasteiger partial charge in [0.05, 0.1) is 17.2 Å². The topological polar surface area (TPSA) is 73.0 Å². The van der Waals surface area contributed by atoms with E-state index in [2.05, 4.69) is 14.5 Å². The van der Waals surface area contributed by atoms with Gasteiger partial charge < -0.3 is 14.6 Å². The average molecular weight is 378 g/mol. The van der Waals surface area contributed by atoms with Crippen LogP contribution in [-0.4, -0.2) is 27.8 Å². The highest BCUT2D eigenvalue weighted by Gasteiger charge is 2.65. The summed E-state index contributed by atoms with van der Waals surface area (Å²) in [5.41, 5.74) is 0.208. The van der Waals surface area contributed by atoms with Gasteiger partial charge in [0.25, 0.3) is 0 Å². The minimum Gasteiger partial charge on any atom is -0.421 e. The van der Waals surface area contributed by atoms with Crippen molar-refractivity contribution in [1.82, 2.24) is 4.57 Å². The Bertz CT molecular complexity index is 906. The van der Waals surface area contributed by atoms with Gasteiger partial charge in [-0.05, 0) is 12.1 Å². The number of carbonyl (C=O) groups is 1. The molecule has 1 aliphatic heterocycles. The first-order valence-corrected chi connectivity index (χ1v) is 7.60. The number of nitrogens with zero attached hydrogens (tertiary/aromatic N) is 2. The van der Waals surface area contributed by atoms with Crippen LogP contribution >= 0.6 is 11.3 Å². The van der Waals surface area contributed by atoms with Crippen molar-refractivity contribution in [1.29, 1.82) is 0 Å². The number of rotatable bonds is 2. The number of hydrogen-bond donors (Lipinski definition) is 1. The van der Waals surface area contributed by atoms with Crippen LogP contribution in [0.1, 0.15) is 11.8 Å². The van der Waals surface area contributed by atoms with E-state index in [9.17, 15) is 27.5 Å². The molecular weight excluding hydrogens is 368 g/mol. The molecule has 0 fully saturated rings. The summed E-state index contributed by atoms with van der Waals surface area (Å²) >= 11 is 1.00. The van der Waals surface area contributed by atoms with Gasteiger partial charge in [0.1, 0.15) is 0 Å². The minimum atomic E-state index is -4.83. The van der Waals surface area contributed by atoms with E-state index < -0.39 is 29.6 Å². The van der Waals surface area contributed by atoms with Crippen LogP contribution in [0.3, 0.4) is 0 Å². The number of thiazole rings is 1. The maximum Gasteiger partial charge on any atom is 0.507 e. The van der Waals surface area contributed by atoms with Crippen molar-refractivity contribution in [3.63, 3.8) is 0 Å². The van der Waals surface area contributed by atoms with Crippen molar-refractivity contribution < 1.29 is 36.9 Å². The van der Waals surface area contributed by atoms with Gasteiger partial charge in [-0.15, -0.1) is 0 Å². The number of halogens is 4. The van der Waals surface area contributed by atoms with E-state index >= 15 is 0 Å². The van der Waals surface area contributed by atoms with Crippen molar-refractivity contribution in [2.75, 3.05) is 0 Å². The molecule has 3 rings (SSSR count). The third-order valence-corrected chi connectivity index (χ3v) is 4.10. The van der Waals surface area contributed by atoms with Gasteiger partial charge in [-0.2, -0.15) is 22.6 Å². The van der Waals surface area contributed by atoms with Gasteiger partial charge in [-0.3, -0.25) is 9.36 Å². The van der Waals surface area contributed by atoms with Crippen LogP contribution in [0.2, 0.25) is 0 Å². The molecule has 0 radical (unpaired) electrons. The van der Waals surface area contributed by atoms with Crippen molar-refractivity contribution >= 4 is 17.2 Å². The van der Waals surface area contributed by atoms with E-state index in [4.69, 9.17) is 0 Å². The van der Waals surface area contributed by atoms with E-state index in [0.717, 1.165) is 23.5 Å². The number of fused-ring (bicyclic) bond motifs is 1. The van der Waals surface area contributed by atoms with Gasteiger partial charge in [0.15, 0.2) is 16.3 Å². The first kappa shape index (κ1) is 17.4. The molecule has 0 spiro atoms. The summed E-state index contributed by atoms with van der Waals surface area (Å²) in [4.78, 5) is 15.6. The van der Waals surface area contributed by atoms with Crippen molar-refractivity contribution in [2.24, 2.45) is 4.99 Å². The van der Waals surface area contributed by atoms with E-state index in [1.807, 2.05) is 0 Å². The van der Waals surface area contributed by atoms with Crippen LogP contribution in [0.4, 0.5) is 17.6 Å².